The number of fused-ring (bicyclic) bond motifs is 1. The monoisotopic (exact) mass is 441 g/mol. The van der Waals surface area contributed by atoms with Crippen molar-refractivity contribution in [1.29, 1.82) is 0 Å². The minimum Gasteiger partial charge on any atom is -0.493 e. The average molecular weight is 442 g/mol. The third kappa shape index (κ3) is 5.03. The molecule has 0 bridgehead atoms. The lowest BCUT2D eigenvalue weighted by atomic mass is 10.2. The Morgan fingerprint density at radius 1 is 1.03 bits per heavy atom. The van der Waals surface area contributed by atoms with Crippen molar-refractivity contribution in [2.24, 2.45) is 10.2 Å². The molecule has 0 saturated heterocycles. The fourth-order valence-corrected chi connectivity index (χ4v) is 5.26. The Kier molecular flexibility index (Phi) is 6.23. The number of carbonyl (C=O) groups is 1. The first-order valence-corrected chi connectivity index (χ1v) is 11.3. The molecule has 2 aromatic carbocycles. The van der Waals surface area contributed by atoms with Gasteiger partial charge in [0.15, 0.2) is 14.4 Å². The number of nitrogens with zero attached hydrogens (tertiary/aromatic N) is 4. The highest BCUT2D eigenvalue weighted by molar-refractivity contribution is 8.03. The zero-order valence-corrected chi connectivity index (χ0v) is 17.4. The van der Waals surface area contributed by atoms with Gasteiger partial charge in [-0.15, -0.1) is 20.4 Å². The van der Waals surface area contributed by atoms with Crippen molar-refractivity contribution in [3.63, 3.8) is 0 Å². The van der Waals surface area contributed by atoms with Crippen LogP contribution in [0.25, 0.3) is 10.9 Å². The van der Waals surface area contributed by atoms with Gasteiger partial charge in [0, 0.05) is 11.1 Å². The molecule has 4 rings (SSSR count). The maximum atomic E-state index is 12.1. The number of carbonyl (C=O) groups excluding carboxylic acids is 1. The molecule has 0 saturated carbocycles. The molecule has 0 unspecified atom stereocenters. The van der Waals surface area contributed by atoms with Crippen molar-refractivity contribution in [3.8, 4) is 5.88 Å². The summed E-state index contributed by atoms with van der Waals surface area (Å²) < 4.78 is 1.56. The molecular formula is C19H15N5O2S3. The van der Waals surface area contributed by atoms with E-state index in [1.807, 2.05) is 36.4 Å². The van der Waals surface area contributed by atoms with E-state index in [4.69, 9.17) is 0 Å². The second-order valence-corrected chi connectivity index (χ2v) is 9.28. The molecule has 0 fully saturated rings. The summed E-state index contributed by atoms with van der Waals surface area (Å²) in [6, 6.07) is 17.4. The molecule has 0 spiro atoms. The molecule has 0 atom stereocenters. The molecule has 0 aliphatic carbocycles. The highest BCUT2D eigenvalue weighted by Gasteiger charge is 2.12. The number of amides is 1. The van der Waals surface area contributed by atoms with Crippen LogP contribution in [0.3, 0.4) is 0 Å². The topological polar surface area (TPSA) is 104 Å². The molecule has 0 aliphatic rings. The Bertz CT molecular complexity index is 1160. The van der Waals surface area contributed by atoms with E-state index < -0.39 is 5.91 Å². The van der Waals surface area contributed by atoms with E-state index in [1.165, 1.54) is 28.7 Å². The fourth-order valence-electron chi connectivity index (χ4n) is 2.51. The van der Waals surface area contributed by atoms with E-state index >= 15 is 0 Å². The van der Waals surface area contributed by atoms with Crippen LogP contribution in [0, 0.1) is 0 Å². The number of nitrogens with one attached hydrogen (secondary N) is 1. The minimum absolute atomic E-state index is 0.102. The zero-order valence-electron chi connectivity index (χ0n) is 15.0. The van der Waals surface area contributed by atoms with Crippen molar-refractivity contribution >= 4 is 57.4 Å². The molecule has 2 heterocycles. The van der Waals surface area contributed by atoms with Crippen LogP contribution in [0.1, 0.15) is 5.56 Å². The highest BCUT2D eigenvalue weighted by atomic mass is 32.2. The lowest BCUT2D eigenvalue weighted by molar-refractivity contribution is -0.115. The van der Waals surface area contributed by atoms with Crippen LogP contribution >= 0.6 is 34.9 Å². The molecule has 146 valence electrons. The van der Waals surface area contributed by atoms with Gasteiger partial charge in [0.05, 0.1) is 11.3 Å². The number of hydrogen-bond donors (Lipinski definition) is 2. The molecule has 1 amide bonds. The summed E-state index contributed by atoms with van der Waals surface area (Å²) in [5.41, 5.74) is 2.21. The zero-order chi connectivity index (χ0) is 20.1. The summed E-state index contributed by atoms with van der Waals surface area (Å²) in [4.78, 5) is 14.9. The molecule has 0 aliphatic heterocycles. The number of azo groups is 1. The van der Waals surface area contributed by atoms with E-state index in [-0.39, 0.29) is 17.3 Å². The molecule has 4 aromatic rings. The lowest BCUT2D eigenvalue weighted by Gasteiger charge is -1.96. The smallest absolute Gasteiger partial charge is 0.275 e. The number of rotatable bonds is 7. The number of aromatic nitrogens is 3. The Morgan fingerprint density at radius 2 is 1.76 bits per heavy atom. The fraction of sp³-hybridized carbons (Fsp3) is 0.105. The minimum atomic E-state index is -0.409. The quantitative estimate of drug-likeness (QED) is 0.293. The normalized spacial score (nSPS) is 11.4. The van der Waals surface area contributed by atoms with Crippen LogP contribution in [0.4, 0.5) is 5.69 Å². The van der Waals surface area contributed by atoms with Gasteiger partial charge in [-0.2, -0.15) is 0 Å². The van der Waals surface area contributed by atoms with Gasteiger partial charge in [-0.1, -0.05) is 83.4 Å². The van der Waals surface area contributed by atoms with Crippen LogP contribution in [0.5, 0.6) is 5.88 Å². The third-order valence-corrected chi connectivity index (χ3v) is 7.08. The second kappa shape index (κ2) is 9.21. The predicted octanol–water partition coefficient (Wildman–Crippen LogP) is 5.42. The predicted molar refractivity (Wildman–Crippen MR) is 116 cm³/mol. The largest absolute Gasteiger partial charge is 0.493 e. The summed E-state index contributed by atoms with van der Waals surface area (Å²) in [6.07, 6.45) is 0. The standard InChI is InChI=1S/C19H15N5O2S3/c25-15(21-22-16-13-8-4-5-9-14(13)20-17(16)26)11-28-19-24-23-18(29-19)27-10-12-6-2-1-3-7-12/h1-9,20,26H,10-11H2. The van der Waals surface area contributed by atoms with E-state index in [9.17, 15) is 9.90 Å². The summed E-state index contributed by atoms with van der Waals surface area (Å²) in [5, 5.41) is 26.5. The Hall–Kier alpha value is -2.69. The number of hydrogen-bond acceptors (Lipinski definition) is 8. The van der Waals surface area contributed by atoms with Gasteiger partial charge in [-0.25, -0.2) is 0 Å². The maximum absolute atomic E-state index is 12.1. The number of para-hydroxylation sites is 1. The van der Waals surface area contributed by atoms with Crippen LogP contribution in [0.15, 0.2) is 73.5 Å². The van der Waals surface area contributed by atoms with Gasteiger partial charge in [0.25, 0.3) is 5.91 Å². The number of aromatic hydroxyl groups is 1. The number of benzene rings is 2. The first-order valence-electron chi connectivity index (χ1n) is 8.56. The van der Waals surface area contributed by atoms with Gasteiger partial charge in [0.1, 0.15) is 0 Å². The highest BCUT2D eigenvalue weighted by Crippen LogP contribution is 2.35. The average Bonchev–Trinajstić information content (AvgIpc) is 3.33. The van der Waals surface area contributed by atoms with Crippen LogP contribution in [0.2, 0.25) is 0 Å². The Balaban J connectivity index is 1.31. The van der Waals surface area contributed by atoms with E-state index in [1.54, 1.807) is 17.8 Å². The molecule has 0 radical (unpaired) electrons. The summed E-state index contributed by atoms with van der Waals surface area (Å²) in [5.74, 6) is 0.402. The number of H-pyrrole nitrogens is 1. The Labute approximate surface area is 178 Å². The van der Waals surface area contributed by atoms with Crippen LogP contribution in [-0.2, 0) is 10.5 Å². The summed E-state index contributed by atoms with van der Waals surface area (Å²) in [7, 11) is 0. The van der Waals surface area contributed by atoms with E-state index in [0.29, 0.717) is 9.73 Å². The SMILES string of the molecule is O=C(CSc1nnc(SCc2ccccc2)s1)N=Nc1c(O)[nH]c2ccccc12. The van der Waals surface area contributed by atoms with Gasteiger partial charge in [-0.05, 0) is 11.6 Å². The van der Waals surface area contributed by atoms with Gasteiger partial charge < -0.3 is 10.1 Å². The molecular weight excluding hydrogens is 426 g/mol. The number of thioether (sulfide) groups is 2. The molecule has 2 aromatic heterocycles. The van der Waals surface area contributed by atoms with E-state index in [2.05, 4.69) is 37.5 Å². The van der Waals surface area contributed by atoms with Crippen LogP contribution < -0.4 is 0 Å². The van der Waals surface area contributed by atoms with Crippen LogP contribution in [-0.4, -0.2) is 31.9 Å². The van der Waals surface area contributed by atoms with Crippen molar-refractivity contribution in [3.05, 3.63) is 60.2 Å². The van der Waals surface area contributed by atoms with E-state index in [0.717, 1.165) is 15.6 Å². The second-order valence-electron chi connectivity index (χ2n) is 5.86. The number of aromatic amines is 1. The van der Waals surface area contributed by atoms with Crippen molar-refractivity contribution < 1.29 is 9.90 Å². The Morgan fingerprint density at radius 3 is 2.59 bits per heavy atom. The molecule has 10 heteroatoms. The van der Waals surface area contributed by atoms with Gasteiger partial charge >= 0.3 is 0 Å². The molecule has 7 nitrogen and oxygen atoms in total. The first kappa shape index (κ1) is 19.6. The third-order valence-electron chi connectivity index (χ3n) is 3.83. The summed E-state index contributed by atoms with van der Waals surface area (Å²) in [6.45, 7) is 0. The summed E-state index contributed by atoms with van der Waals surface area (Å²) >= 11 is 4.34. The maximum Gasteiger partial charge on any atom is 0.275 e. The molecule has 2 N–H and O–H groups in total. The van der Waals surface area contributed by atoms with Crippen molar-refractivity contribution in [2.45, 2.75) is 14.4 Å². The van der Waals surface area contributed by atoms with Gasteiger partial charge in [0.2, 0.25) is 5.88 Å². The van der Waals surface area contributed by atoms with Crippen molar-refractivity contribution in [2.75, 3.05) is 5.75 Å². The molecule has 29 heavy (non-hydrogen) atoms. The van der Waals surface area contributed by atoms with Gasteiger partial charge in [-0.3, -0.25) is 4.79 Å². The van der Waals surface area contributed by atoms with Crippen molar-refractivity contribution in [1.82, 2.24) is 15.2 Å². The lowest BCUT2D eigenvalue weighted by Crippen LogP contribution is -1.95. The first-order chi connectivity index (χ1) is 14.2.